The average molecular weight is 218 g/mol. The van der Waals surface area contributed by atoms with E-state index >= 15 is 0 Å². The van der Waals surface area contributed by atoms with Crippen molar-refractivity contribution in [1.29, 1.82) is 0 Å². The van der Waals surface area contributed by atoms with E-state index in [-0.39, 0.29) is 5.97 Å². The molecule has 0 atom stereocenters. The van der Waals surface area contributed by atoms with Crippen molar-refractivity contribution in [3.05, 3.63) is 30.6 Å². The van der Waals surface area contributed by atoms with Crippen LogP contribution >= 0.6 is 0 Å². The first kappa shape index (κ1) is 10.7. The lowest BCUT2D eigenvalue weighted by Gasteiger charge is -2.16. The molecule has 0 aliphatic carbocycles. The number of hydrogen-bond donors (Lipinski definition) is 0. The minimum atomic E-state index is -0.522. The molecule has 0 N–H and O–H groups in total. The fraction of sp³-hybridized carbons (Fsp3) is 0.333. The summed E-state index contributed by atoms with van der Waals surface area (Å²) < 4.78 is 1.41. The highest BCUT2D eigenvalue weighted by Gasteiger charge is 2.24. The lowest BCUT2D eigenvalue weighted by Crippen LogP contribution is -2.31. The molecular formula is C12H14N2O2. The lowest BCUT2D eigenvalue weighted by molar-refractivity contribution is -0.152. The van der Waals surface area contributed by atoms with Gasteiger partial charge in [0, 0.05) is 17.8 Å². The summed E-state index contributed by atoms with van der Waals surface area (Å²) >= 11 is 0. The van der Waals surface area contributed by atoms with Gasteiger partial charge in [-0.15, -0.1) is 0 Å². The van der Waals surface area contributed by atoms with E-state index in [1.165, 1.54) is 4.73 Å². The Bertz CT molecular complexity index is 523. The molecule has 0 spiro atoms. The van der Waals surface area contributed by atoms with Crippen LogP contribution in [0.15, 0.2) is 30.6 Å². The van der Waals surface area contributed by atoms with Gasteiger partial charge in [0.05, 0.1) is 5.41 Å². The zero-order valence-electron chi connectivity index (χ0n) is 9.60. The van der Waals surface area contributed by atoms with Crippen LogP contribution in [-0.4, -0.2) is 15.7 Å². The summed E-state index contributed by atoms with van der Waals surface area (Å²) in [5.74, 6) is -0.282. The zero-order valence-corrected chi connectivity index (χ0v) is 9.60. The number of pyridine rings is 1. The van der Waals surface area contributed by atoms with Gasteiger partial charge in [0.2, 0.25) is 0 Å². The zero-order chi connectivity index (χ0) is 11.8. The maximum Gasteiger partial charge on any atom is 0.338 e. The minimum absolute atomic E-state index is 0.282. The largest absolute Gasteiger partial charge is 0.338 e. The van der Waals surface area contributed by atoms with Gasteiger partial charge in [-0.3, -0.25) is 0 Å². The highest BCUT2D eigenvalue weighted by atomic mass is 16.7. The Labute approximate surface area is 93.8 Å². The van der Waals surface area contributed by atoms with Gasteiger partial charge in [-0.1, -0.05) is 0 Å². The van der Waals surface area contributed by atoms with Gasteiger partial charge < -0.3 is 4.84 Å². The number of aromatic nitrogens is 2. The smallest absolute Gasteiger partial charge is 0.334 e. The van der Waals surface area contributed by atoms with Crippen molar-refractivity contribution in [1.82, 2.24) is 9.71 Å². The van der Waals surface area contributed by atoms with Crippen molar-refractivity contribution < 1.29 is 9.63 Å². The van der Waals surface area contributed by atoms with Crippen LogP contribution in [0.5, 0.6) is 0 Å². The molecular weight excluding hydrogens is 204 g/mol. The first-order valence-electron chi connectivity index (χ1n) is 5.13. The molecule has 0 aliphatic rings. The third-order valence-electron chi connectivity index (χ3n) is 2.21. The number of hydrogen-bond acceptors (Lipinski definition) is 3. The summed E-state index contributed by atoms with van der Waals surface area (Å²) in [4.78, 5) is 21.1. The maximum absolute atomic E-state index is 11.7. The van der Waals surface area contributed by atoms with Gasteiger partial charge in [-0.2, -0.15) is 4.73 Å². The summed E-state index contributed by atoms with van der Waals surface area (Å²) in [6.07, 6.45) is 3.37. The van der Waals surface area contributed by atoms with Crippen LogP contribution in [-0.2, 0) is 4.79 Å². The van der Waals surface area contributed by atoms with Crippen molar-refractivity contribution in [3.63, 3.8) is 0 Å². The van der Waals surface area contributed by atoms with Crippen LogP contribution in [0.1, 0.15) is 20.8 Å². The molecule has 2 aromatic heterocycles. The fourth-order valence-corrected chi connectivity index (χ4v) is 1.24. The van der Waals surface area contributed by atoms with E-state index in [4.69, 9.17) is 4.84 Å². The Morgan fingerprint density at radius 1 is 1.38 bits per heavy atom. The summed E-state index contributed by atoms with van der Waals surface area (Å²) in [6, 6.07) is 5.63. The van der Waals surface area contributed by atoms with Crippen LogP contribution in [0.4, 0.5) is 0 Å². The van der Waals surface area contributed by atoms with E-state index in [2.05, 4.69) is 4.98 Å². The average Bonchev–Trinajstić information content (AvgIpc) is 2.61. The van der Waals surface area contributed by atoms with E-state index in [1.807, 2.05) is 39.0 Å². The molecule has 2 heterocycles. The van der Waals surface area contributed by atoms with E-state index in [0.29, 0.717) is 5.65 Å². The summed E-state index contributed by atoms with van der Waals surface area (Å²) in [6.45, 7) is 5.44. The standard InChI is InChI=1S/C12H14N2O2/c1-12(2,3)11(15)16-14-8-6-9-5-4-7-13-10(9)14/h4-8H,1-3H3. The van der Waals surface area contributed by atoms with Crippen molar-refractivity contribution >= 4 is 17.0 Å². The maximum atomic E-state index is 11.7. The van der Waals surface area contributed by atoms with Gasteiger partial charge >= 0.3 is 5.97 Å². The van der Waals surface area contributed by atoms with Crippen molar-refractivity contribution in [2.75, 3.05) is 0 Å². The monoisotopic (exact) mass is 218 g/mol. The minimum Gasteiger partial charge on any atom is -0.334 e. The normalized spacial score (nSPS) is 11.7. The molecule has 16 heavy (non-hydrogen) atoms. The Hall–Kier alpha value is -1.84. The molecule has 0 saturated carbocycles. The molecule has 4 heteroatoms. The molecule has 0 radical (unpaired) electrons. The first-order valence-corrected chi connectivity index (χ1v) is 5.13. The van der Waals surface area contributed by atoms with Crippen LogP contribution in [0.2, 0.25) is 0 Å². The molecule has 0 fully saturated rings. The third kappa shape index (κ3) is 1.91. The SMILES string of the molecule is CC(C)(C)C(=O)On1ccc2cccnc21. The number of nitrogens with zero attached hydrogens (tertiary/aromatic N) is 2. The Morgan fingerprint density at radius 3 is 2.81 bits per heavy atom. The Morgan fingerprint density at radius 2 is 2.12 bits per heavy atom. The van der Waals surface area contributed by atoms with E-state index in [0.717, 1.165) is 5.39 Å². The van der Waals surface area contributed by atoms with Gasteiger partial charge in [0.15, 0.2) is 5.65 Å². The lowest BCUT2D eigenvalue weighted by atomic mass is 9.98. The van der Waals surface area contributed by atoms with Gasteiger partial charge in [-0.25, -0.2) is 9.78 Å². The van der Waals surface area contributed by atoms with E-state index in [1.54, 1.807) is 12.4 Å². The van der Waals surface area contributed by atoms with Crippen molar-refractivity contribution in [3.8, 4) is 0 Å². The number of carbonyl (C=O) groups is 1. The molecule has 0 unspecified atom stereocenters. The third-order valence-corrected chi connectivity index (χ3v) is 2.21. The molecule has 4 nitrogen and oxygen atoms in total. The van der Waals surface area contributed by atoms with Gasteiger partial charge in [-0.05, 0) is 39.0 Å². The fourth-order valence-electron chi connectivity index (χ4n) is 1.24. The second kappa shape index (κ2) is 3.63. The Kier molecular flexibility index (Phi) is 2.42. The van der Waals surface area contributed by atoms with Crippen LogP contribution in [0, 0.1) is 5.41 Å². The van der Waals surface area contributed by atoms with E-state index in [9.17, 15) is 4.79 Å². The van der Waals surface area contributed by atoms with Crippen LogP contribution < -0.4 is 4.84 Å². The molecule has 2 aromatic rings. The number of carbonyl (C=O) groups excluding carboxylic acids is 1. The highest BCUT2D eigenvalue weighted by molar-refractivity contribution is 5.79. The molecule has 2 rings (SSSR count). The van der Waals surface area contributed by atoms with Crippen molar-refractivity contribution in [2.24, 2.45) is 5.41 Å². The highest BCUT2D eigenvalue weighted by Crippen LogP contribution is 2.16. The topological polar surface area (TPSA) is 44.1 Å². The second-order valence-corrected chi connectivity index (χ2v) is 4.69. The second-order valence-electron chi connectivity index (χ2n) is 4.69. The number of rotatable bonds is 1. The first-order chi connectivity index (χ1) is 7.48. The quantitative estimate of drug-likeness (QED) is 0.735. The predicted octanol–water partition coefficient (Wildman–Crippen LogP) is 2.04. The van der Waals surface area contributed by atoms with Crippen molar-refractivity contribution in [2.45, 2.75) is 20.8 Å². The summed E-state index contributed by atoms with van der Waals surface area (Å²) in [5.41, 5.74) is 0.130. The predicted molar refractivity (Wildman–Crippen MR) is 60.8 cm³/mol. The summed E-state index contributed by atoms with van der Waals surface area (Å²) in [7, 11) is 0. The van der Waals surface area contributed by atoms with Crippen LogP contribution in [0.25, 0.3) is 11.0 Å². The van der Waals surface area contributed by atoms with E-state index < -0.39 is 5.41 Å². The molecule has 84 valence electrons. The Balaban J connectivity index is 2.32. The van der Waals surface area contributed by atoms with Gasteiger partial charge in [0.25, 0.3) is 0 Å². The molecule has 0 bridgehead atoms. The number of fused-ring (bicyclic) bond motifs is 1. The molecule has 0 saturated heterocycles. The molecule has 0 aliphatic heterocycles. The summed E-state index contributed by atoms with van der Waals surface area (Å²) in [5, 5.41) is 0.948. The van der Waals surface area contributed by atoms with Gasteiger partial charge in [0.1, 0.15) is 0 Å². The van der Waals surface area contributed by atoms with Crippen LogP contribution in [0.3, 0.4) is 0 Å². The molecule has 0 aromatic carbocycles. The molecule has 0 amide bonds.